The molecule has 0 aliphatic carbocycles. The third-order valence-corrected chi connectivity index (χ3v) is 4.19. The summed E-state index contributed by atoms with van der Waals surface area (Å²) in [6.45, 7) is 5.03. The molecular weight excluding hydrogens is 290 g/mol. The lowest BCUT2D eigenvalue weighted by atomic mass is 9.99. The Balaban J connectivity index is 2.03. The first-order valence-electron chi connectivity index (χ1n) is 8.37. The van der Waals surface area contributed by atoms with Gasteiger partial charge >= 0.3 is 0 Å². The third kappa shape index (κ3) is 4.65. The second kappa shape index (κ2) is 8.46. The van der Waals surface area contributed by atoms with Gasteiger partial charge in [0.15, 0.2) is 0 Å². The number of aromatic nitrogens is 2. The summed E-state index contributed by atoms with van der Waals surface area (Å²) < 4.78 is 1.48. The number of rotatable bonds is 8. The van der Waals surface area contributed by atoms with Crippen LogP contribution in [0.25, 0.3) is 11.0 Å². The number of carbonyl (C=O) groups excluding carboxylic acids is 1. The normalized spacial score (nSPS) is 12.3. The van der Waals surface area contributed by atoms with Gasteiger partial charge in [-0.3, -0.25) is 14.2 Å². The highest BCUT2D eigenvalue weighted by atomic mass is 16.2. The van der Waals surface area contributed by atoms with Gasteiger partial charge in [0.2, 0.25) is 5.91 Å². The number of unbranched alkanes of at least 4 members (excludes halogenated alkanes) is 1. The Hall–Kier alpha value is -2.17. The van der Waals surface area contributed by atoms with E-state index in [1.54, 1.807) is 0 Å². The van der Waals surface area contributed by atoms with Gasteiger partial charge in [-0.2, -0.15) is 0 Å². The van der Waals surface area contributed by atoms with E-state index in [1.807, 2.05) is 24.3 Å². The highest BCUT2D eigenvalue weighted by Gasteiger charge is 2.11. The minimum absolute atomic E-state index is 0.0338. The number of carbonyl (C=O) groups is 1. The Bertz CT molecular complexity index is 709. The van der Waals surface area contributed by atoms with Gasteiger partial charge in [-0.1, -0.05) is 45.2 Å². The summed E-state index contributed by atoms with van der Waals surface area (Å²) in [5, 5.41) is 2.96. The van der Waals surface area contributed by atoms with E-state index in [1.165, 1.54) is 23.6 Å². The number of hydrogen-bond donors (Lipinski definition) is 1. The maximum atomic E-state index is 12.2. The molecule has 1 atom stereocenters. The maximum Gasteiger partial charge on any atom is 0.269 e. The summed E-state index contributed by atoms with van der Waals surface area (Å²) in [6.07, 6.45) is 5.81. The monoisotopic (exact) mass is 315 g/mol. The Kier molecular flexibility index (Phi) is 6.32. The lowest BCUT2D eigenvalue weighted by Gasteiger charge is -2.16. The smallest absolute Gasteiger partial charge is 0.269 e. The van der Waals surface area contributed by atoms with Crippen molar-refractivity contribution in [3.05, 3.63) is 40.8 Å². The van der Waals surface area contributed by atoms with Gasteiger partial charge in [0.1, 0.15) is 6.54 Å². The van der Waals surface area contributed by atoms with Crippen LogP contribution in [0.15, 0.2) is 35.3 Å². The molecule has 0 fully saturated rings. The van der Waals surface area contributed by atoms with Crippen molar-refractivity contribution in [1.29, 1.82) is 0 Å². The Morgan fingerprint density at radius 2 is 2.09 bits per heavy atom. The van der Waals surface area contributed by atoms with Crippen molar-refractivity contribution in [2.24, 2.45) is 5.92 Å². The molecule has 5 heteroatoms. The lowest BCUT2D eigenvalue weighted by Crippen LogP contribution is -2.35. The second-order valence-electron chi connectivity index (χ2n) is 5.89. The number of nitrogens with one attached hydrogen (secondary N) is 1. The molecule has 1 unspecified atom stereocenters. The predicted molar refractivity (Wildman–Crippen MR) is 92.3 cm³/mol. The molecule has 0 saturated carbocycles. The summed E-state index contributed by atoms with van der Waals surface area (Å²) in [5.74, 6) is 0.378. The van der Waals surface area contributed by atoms with Crippen molar-refractivity contribution < 1.29 is 4.79 Å². The summed E-state index contributed by atoms with van der Waals surface area (Å²) in [5.41, 5.74) is 1.15. The van der Waals surface area contributed by atoms with Crippen molar-refractivity contribution in [2.45, 2.75) is 46.1 Å². The molecule has 1 heterocycles. The molecule has 23 heavy (non-hydrogen) atoms. The summed E-state index contributed by atoms with van der Waals surface area (Å²) >= 11 is 0. The highest BCUT2D eigenvalue weighted by Crippen LogP contribution is 2.11. The molecule has 2 rings (SSSR count). The van der Waals surface area contributed by atoms with Crippen molar-refractivity contribution in [3.63, 3.8) is 0 Å². The molecule has 0 aliphatic heterocycles. The van der Waals surface area contributed by atoms with Crippen LogP contribution >= 0.6 is 0 Å². The Morgan fingerprint density at radius 3 is 2.83 bits per heavy atom. The standard InChI is InChI=1S/C18H25N3O2/c1-3-5-8-14(4-2)11-20-17(22)13-21-16-10-7-6-9-15(16)19-12-18(21)23/h6-7,9-10,12,14H,3-5,8,11,13H2,1-2H3,(H,20,22). The van der Waals surface area contributed by atoms with E-state index in [4.69, 9.17) is 0 Å². The number of amides is 1. The van der Waals surface area contributed by atoms with E-state index < -0.39 is 0 Å². The van der Waals surface area contributed by atoms with Gasteiger partial charge in [0.25, 0.3) is 5.56 Å². The van der Waals surface area contributed by atoms with Crippen LogP contribution < -0.4 is 10.9 Å². The van der Waals surface area contributed by atoms with Crippen molar-refractivity contribution in [3.8, 4) is 0 Å². The van der Waals surface area contributed by atoms with Crippen molar-refractivity contribution >= 4 is 16.9 Å². The first-order chi connectivity index (χ1) is 11.2. The molecule has 0 aliphatic rings. The molecule has 0 radical (unpaired) electrons. The number of nitrogens with zero attached hydrogens (tertiary/aromatic N) is 2. The SMILES string of the molecule is CCCCC(CC)CNC(=O)Cn1c(=O)cnc2ccccc21. The van der Waals surface area contributed by atoms with E-state index in [-0.39, 0.29) is 18.0 Å². The van der Waals surface area contributed by atoms with Crippen molar-refractivity contribution in [1.82, 2.24) is 14.9 Å². The van der Waals surface area contributed by atoms with Crippen LogP contribution in [0, 0.1) is 5.92 Å². The number of fused-ring (bicyclic) bond motifs is 1. The van der Waals surface area contributed by atoms with E-state index in [0.29, 0.717) is 23.5 Å². The molecule has 0 bridgehead atoms. The molecule has 0 spiro atoms. The Labute approximate surface area is 136 Å². The zero-order valence-corrected chi connectivity index (χ0v) is 13.9. The largest absolute Gasteiger partial charge is 0.354 e. The van der Waals surface area contributed by atoms with Gasteiger partial charge in [-0.05, 0) is 24.5 Å². The first kappa shape index (κ1) is 17.2. The lowest BCUT2D eigenvalue weighted by molar-refractivity contribution is -0.121. The van der Waals surface area contributed by atoms with Crippen LogP contribution in [0.2, 0.25) is 0 Å². The van der Waals surface area contributed by atoms with Crippen LogP contribution in [-0.4, -0.2) is 22.0 Å². The minimum atomic E-state index is -0.253. The molecule has 1 N–H and O–H groups in total. The van der Waals surface area contributed by atoms with Crippen LogP contribution in [0.3, 0.4) is 0 Å². The minimum Gasteiger partial charge on any atom is -0.354 e. The van der Waals surface area contributed by atoms with Gasteiger partial charge in [-0.25, -0.2) is 4.98 Å². The topological polar surface area (TPSA) is 64.0 Å². The maximum absolute atomic E-state index is 12.2. The zero-order chi connectivity index (χ0) is 16.7. The quantitative estimate of drug-likeness (QED) is 0.814. The van der Waals surface area contributed by atoms with E-state index in [2.05, 4.69) is 24.1 Å². The summed E-state index contributed by atoms with van der Waals surface area (Å²) in [6, 6.07) is 7.35. The molecule has 5 nitrogen and oxygen atoms in total. The molecule has 1 aromatic heterocycles. The number of hydrogen-bond acceptors (Lipinski definition) is 3. The van der Waals surface area contributed by atoms with Gasteiger partial charge < -0.3 is 5.32 Å². The van der Waals surface area contributed by atoms with Crippen LogP contribution in [0.5, 0.6) is 0 Å². The average Bonchev–Trinajstić information content (AvgIpc) is 2.57. The average molecular weight is 315 g/mol. The molecule has 1 aromatic carbocycles. The summed E-state index contributed by atoms with van der Waals surface area (Å²) in [4.78, 5) is 28.3. The number of para-hydroxylation sites is 2. The third-order valence-electron chi connectivity index (χ3n) is 4.19. The van der Waals surface area contributed by atoms with Crippen LogP contribution in [-0.2, 0) is 11.3 Å². The van der Waals surface area contributed by atoms with Crippen LogP contribution in [0.1, 0.15) is 39.5 Å². The fourth-order valence-electron chi connectivity index (χ4n) is 2.68. The van der Waals surface area contributed by atoms with Gasteiger partial charge in [0, 0.05) is 6.54 Å². The molecule has 124 valence electrons. The van der Waals surface area contributed by atoms with Crippen molar-refractivity contribution in [2.75, 3.05) is 6.54 Å². The second-order valence-corrected chi connectivity index (χ2v) is 5.89. The van der Waals surface area contributed by atoms with Gasteiger partial charge in [-0.15, -0.1) is 0 Å². The van der Waals surface area contributed by atoms with Gasteiger partial charge in [0.05, 0.1) is 17.2 Å². The predicted octanol–water partition coefficient (Wildman–Crippen LogP) is 2.73. The fraction of sp³-hybridized carbons (Fsp3) is 0.500. The van der Waals surface area contributed by atoms with E-state index in [9.17, 15) is 9.59 Å². The molecule has 1 amide bonds. The van der Waals surface area contributed by atoms with E-state index >= 15 is 0 Å². The van der Waals surface area contributed by atoms with E-state index in [0.717, 1.165) is 12.8 Å². The molecular formula is C18H25N3O2. The fourth-order valence-corrected chi connectivity index (χ4v) is 2.68. The molecule has 0 saturated heterocycles. The van der Waals surface area contributed by atoms with Crippen LogP contribution in [0.4, 0.5) is 0 Å². The Morgan fingerprint density at radius 1 is 1.30 bits per heavy atom. The first-order valence-corrected chi connectivity index (χ1v) is 8.37. The summed E-state index contributed by atoms with van der Waals surface area (Å²) in [7, 11) is 0. The molecule has 2 aromatic rings. The zero-order valence-electron chi connectivity index (χ0n) is 13.9. The number of benzene rings is 1. The highest BCUT2D eigenvalue weighted by molar-refractivity contribution is 5.79.